The normalized spacial score (nSPS) is 15.0. The number of fused-ring (bicyclic) bond motifs is 1. The van der Waals surface area contributed by atoms with Crippen molar-refractivity contribution >= 4 is 40.2 Å². The van der Waals surface area contributed by atoms with Crippen LogP contribution in [-0.2, 0) is 11.8 Å². The molecule has 1 saturated heterocycles. The first-order valence-electron chi connectivity index (χ1n) is 8.86. The fourth-order valence-corrected chi connectivity index (χ4v) is 3.55. The number of nitrogens with one attached hydrogen (secondary N) is 1. The van der Waals surface area contributed by atoms with Crippen molar-refractivity contribution in [2.24, 2.45) is 7.05 Å². The summed E-state index contributed by atoms with van der Waals surface area (Å²) >= 11 is 12.3. The molecule has 1 aliphatic rings. The third-order valence-corrected chi connectivity index (χ3v) is 5.20. The van der Waals surface area contributed by atoms with Crippen molar-refractivity contribution in [2.75, 3.05) is 18.5 Å². The van der Waals surface area contributed by atoms with Crippen molar-refractivity contribution < 1.29 is 9.47 Å². The lowest BCUT2D eigenvalue weighted by molar-refractivity contribution is 0.0903. The summed E-state index contributed by atoms with van der Waals surface area (Å²) in [7, 11) is 1.64. The first-order chi connectivity index (χ1) is 13.5. The van der Waals surface area contributed by atoms with Crippen LogP contribution in [0.5, 0.6) is 11.5 Å². The Hall–Kier alpha value is -2.35. The molecule has 1 aromatic carbocycles. The number of hydrogen-bond acceptors (Lipinski definition) is 6. The molecule has 3 heterocycles. The van der Waals surface area contributed by atoms with E-state index in [1.54, 1.807) is 37.5 Å². The van der Waals surface area contributed by atoms with Crippen molar-refractivity contribution in [1.82, 2.24) is 14.5 Å². The summed E-state index contributed by atoms with van der Waals surface area (Å²) in [4.78, 5) is 21.6. The molecule has 2 aromatic heterocycles. The highest BCUT2D eigenvalue weighted by molar-refractivity contribution is 6.37. The topological polar surface area (TPSA) is 78.3 Å². The van der Waals surface area contributed by atoms with Crippen LogP contribution >= 0.6 is 23.2 Å². The standard InChI is InChI=1S/C19H18Cl2N4O3/c1-25-17-11(10-22-19(24-17)23-12-5-7-27-8-6-12)9-15(18(25)26)28-16-13(20)3-2-4-14(16)21/h2-4,9-10,12H,5-8H2,1H3,(H,22,23,24). The van der Waals surface area contributed by atoms with Crippen molar-refractivity contribution in [3.05, 3.63) is 50.9 Å². The Morgan fingerprint density at radius 2 is 1.96 bits per heavy atom. The third kappa shape index (κ3) is 3.78. The van der Waals surface area contributed by atoms with Gasteiger partial charge in [0.15, 0.2) is 11.5 Å². The minimum absolute atomic E-state index is 0.0961. The van der Waals surface area contributed by atoms with E-state index in [9.17, 15) is 4.79 Å². The molecule has 0 radical (unpaired) electrons. The van der Waals surface area contributed by atoms with Crippen LogP contribution in [0, 0.1) is 0 Å². The van der Waals surface area contributed by atoms with Gasteiger partial charge in [0.2, 0.25) is 5.95 Å². The number of anilines is 1. The Morgan fingerprint density at radius 1 is 1.25 bits per heavy atom. The van der Waals surface area contributed by atoms with Gasteiger partial charge in [-0.3, -0.25) is 9.36 Å². The Labute approximate surface area is 171 Å². The van der Waals surface area contributed by atoms with Gasteiger partial charge >= 0.3 is 0 Å². The molecule has 9 heteroatoms. The van der Waals surface area contributed by atoms with Crippen LogP contribution in [0.1, 0.15) is 12.8 Å². The van der Waals surface area contributed by atoms with Gasteiger partial charge in [-0.25, -0.2) is 4.98 Å². The summed E-state index contributed by atoms with van der Waals surface area (Å²) in [5, 5.41) is 4.61. The Kier molecular flexibility index (Phi) is 5.39. The minimum atomic E-state index is -0.348. The number of halogens is 2. The number of nitrogens with zero attached hydrogens (tertiary/aromatic N) is 3. The van der Waals surface area contributed by atoms with Gasteiger partial charge in [0.25, 0.3) is 5.56 Å². The average Bonchev–Trinajstić information content (AvgIpc) is 2.70. The molecule has 1 N–H and O–H groups in total. The maximum absolute atomic E-state index is 12.8. The fraction of sp³-hybridized carbons (Fsp3) is 0.316. The second-order valence-corrected chi connectivity index (χ2v) is 7.34. The largest absolute Gasteiger partial charge is 0.448 e. The van der Waals surface area contributed by atoms with Crippen LogP contribution in [0.4, 0.5) is 5.95 Å². The molecule has 0 spiro atoms. The fourth-order valence-electron chi connectivity index (χ4n) is 3.07. The van der Waals surface area contributed by atoms with Crippen molar-refractivity contribution in [1.29, 1.82) is 0 Å². The Morgan fingerprint density at radius 3 is 2.68 bits per heavy atom. The molecule has 0 atom stereocenters. The van der Waals surface area contributed by atoms with Crippen LogP contribution in [0.3, 0.4) is 0 Å². The molecule has 7 nitrogen and oxygen atoms in total. The second-order valence-electron chi connectivity index (χ2n) is 6.53. The molecule has 28 heavy (non-hydrogen) atoms. The van der Waals surface area contributed by atoms with Crippen molar-refractivity contribution in [3.63, 3.8) is 0 Å². The summed E-state index contributed by atoms with van der Waals surface area (Å²) in [5.41, 5.74) is 0.159. The Bertz CT molecular complexity index is 1060. The summed E-state index contributed by atoms with van der Waals surface area (Å²) < 4.78 is 12.5. The van der Waals surface area contributed by atoms with Gasteiger partial charge in [0, 0.05) is 37.9 Å². The van der Waals surface area contributed by atoms with Crippen molar-refractivity contribution in [2.45, 2.75) is 18.9 Å². The van der Waals surface area contributed by atoms with Gasteiger partial charge < -0.3 is 14.8 Å². The number of aryl methyl sites for hydroxylation is 1. The third-order valence-electron chi connectivity index (χ3n) is 4.60. The zero-order valence-corrected chi connectivity index (χ0v) is 16.6. The van der Waals surface area contributed by atoms with Crippen molar-refractivity contribution in [3.8, 4) is 11.5 Å². The number of aromatic nitrogens is 3. The van der Waals surface area contributed by atoms with E-state index in [1.807, 2.05) is 0 Å². The van der Waals surface area contributed by atoms with E-state index in [4.69, 9.17) is 32.7 Å². The van der Waals surface area contributed by atoms with Crippen LogP contribution in [0.25, 0.3) is 11.0 Å². The molecule has 3 aromatic rings. The van der Waals surface area contributed by atoms with E-state index in [1.165, 1.54) is 4.57 Å². The molecule has 4 rings (SSSR count). The van der Waals surface area contributed by atoms with Gasteiger partial charge in [0.05, 0.1) is 10.0 Å². The van der Waals surface area contributed by atoms with E-state index in [0.29, 0.717) is 27.0 Å². The first-order valence-corrected chi connectivity index (χ1v) is 9.61. The highest BCUT2D eigenvalue weighted by Crippen LogP contribution is 2.35. The second kappa shape index (κ2) is 7.95. The molecule has 1 aliphatic heterocycles. The predicted octanol–water partition coefficient (Wildman–Crippen LogP) is 4.02. The predicted molar refractivity (Wildman–Crippen MR) is 109 cm³/mol. The number of para-hydroxylation sites is 1. The van der Waals surface area contributed by atoms with Gasteiger partial charge in [-0.1, -0.05) is 29.3 Å². The average molecular weight is 421 g/mol. The highest BCUT2D eigenvalue weighted by Gasteiger charge is 2.17. The minimum Gasteiger partial charge on any atom is -0.448 e. The van der Waals surface area contributed by atoms with E-state index in [0.717, 1.165) is 26.1 Å². The molecular formula is C19H18Cl2N4O3. The maximum atomic E-state index is 12.8. The molecule has 0 aliphatic carbocycles. The zero-order valence-electron chi connectivity index (χ0n) is 15.1. The number of hydrogen-bond donors (Lipinski definition) is 1. The molecule has 0 saturated carbocycles. The smallest absolute Gasteiger partial charge is 0.294 e. The molecular weight excluding hydrogens is 403 g/mol. The quantitative estimate of drug-likeness (QED) is 0.686. The lowest BCUT2D eigenvalue weighted by Crippen LogP contribution is -2.29. The first kappa shape index (κ1) is 19.0. The lowest BCUT2D eigenvalue weighted by atomic mass is 10.1. The van der Waals surface area contributed by atoms with Crippen LogP contribution in [-0.4, -0.2) is 33.8 Å². The maximum Gasteiger partial charge on any atom is 0.294 e. The van der Waals surface area contributed by atoms with Gasteiger partial charge in [-0.05, 0) is 31.0 Å². The molecule has 0 amide bonds. The lowest BCUT2D eigenvalue weighted by Gasteiger charge is -2.23. The van der Waals surface area contributed by atoms with Crippen LogP contribution in [0.2, 0.25) is 10.0 Å². The van der Waals surface area contributed by atoms with Crippen LogP contribution < -0.4 is 15.6 Å². The van der Waals surface area contributed by atoms with Gasteiger partial charge in [0.1, 0.15) is 5.65 Å². The van der Waals surface area contributed by atoms with Gasteiger partial charge in [-0.2, -0.15) is 4.98 Å². The number of rotatable bonds is 4. The molecule has 1 fully saturated rings. The van der Waals surface area contributed by atoms with Gasteiger partial charge in [-0.15, -0.1) is 0 Å². The highest BCUT2D eigenvalue weighted by atomic mass is 35.5. The number of benzene rings is 1. The molecule has 146 valence electrons. The summed E-state index contributed by atoms with van der Waals surface area (Å²) in [5.74, 6) is 0.817. The number of ether oxygens (including phenoxy) is 2. The summed E-state index contributed by atoms with van der Waals surface area (Å²) in [6, 6.07) is 6.84. The molecule has 0 unspecified atom stereocenters. The van der Waals surface area contributed by atoms with E-state index >= 15 is 0 Å². The van der Waals surface area contributed by atoms with E-state index in [-0.39, 0.29) is 23.1 Å². The monoisotopic (exact) mass is 420 g/mol. The summed E-state index contributed by atoms with van der Waals surface area (Å²) in [6.07, 6.45) is 3.45. The Balaban J connectivity index is 1.68. The number of pyridine rings is 1. The SMILES string of the molecule is Cn1c(=O)c(Oc2c(Cl)cccc2Cl)cc2cnc(NC3CCOCC3)nc21. The van der Waals surface area contributed by atoms with E-state index < -0.39 is 0 Å². The summed E-state index contributed by atoms with van der Waals surface area (Å²) in [6.45, 7) is 1.43. The van der Waals surface area contributed by atoms with E-state index in [2.05, 4.69) is 15.3 Å². The zero-order chi connectivity index (χ0) is 19.7. The molecule has 0 bridgehead atoms. The van der Waals surface area contributed by atoms with Crippen LogP contribution in [0.15, 0.2) is 35.3 Å².